The van der Waals surface area contributed by atoms with Gasteiger partial charge in [-0.2, -0.15) is 0 Å². The van der Waals surface area contributed by atoms with Gasteiger partial charge in [0.25, 0.3) is 5.91 Å². The number of nitrogens with one attached hydrogen (secondary N) is 3. The van der Waals surface area contributed by atoms with E-state index in [-0.39, 0.29) is 36.7 Å². The predicted molar refractivity (Wildman–Crippen MR) is 110 cm³/mol. The first kappa shape index (κ1) is 22.6. The molecule has 0 saturated carbocycles. The Morgan fingerprint density at radius 1 is 1.04 bits per heavy atom. The number of para-hydroxylation sites is 2. The zero-order valence-corrected chi connectivity index (χ0v) is 16.7. The van der Waals surface area contributed by atoms with Crippen LogP contribution in [0, 0.1) is 5.92 Å². The molecule has 0 aliphatic carbocycles. The Morgan fingerprint density at radius 3 is 2.22 bits per heavy atom. The predicted octanol–water partition coefficient (Wildman–Crippen LogP) is 2.46. The zero-order valence-electron chi connectivity index (χ0n) is 15.0. The molecule has 7 nitrogen and oxygen atoms in total. The van der Waals surface area contributed by atoms with Crippen molar-refractivity contribution in [2.75, 3.05) is 17.2 Å². The van der Waals surface area contributed by atoms with Gasteiger partial charge in [0.05, 0.1) is 28.8 Å². The summed E-state index contributed by atoms with van der Waals surface area (Å²) in [5.74, 6) is -1.06. The number of carbonyl (C=O) groups excluding carboxylic acids is 3. The number of benzene rings is 1. The Labute approximate surface area is 168 Å². The number of halogens is 1. The lowest BCUT2D eigenvalue weighted by molar-refractivity contribution is -0.125. The van der Waals surface area contributed by atoms with Crippen molar-refractivity contribution >= 4 is 52.8 Å². The number of hydrogen-bond acceptors (Lipinski definition) is 5. The van der Waals surface area contributed by atoms with Crippen LogP contribution in [0.15, 0.2) is 41.8 Å². The van der Waals surface area contributed by atoms with Gasteiger partial charge in [0.1, 0.15) is 0 Å². The highest BCUT2D eigenvalue weighted by Gasteiger charge is 2.18. The summed E-state index contributed by atoms with van der Waals surface area (Å²) < 4.78 is 0. The van der Waals surface area contributed by atoms with E-state index in [1.54, 1.807) is 36.4 Å². The van der Waals surface area contributed by atoms with Gasteiger partial charge >= 0.3 is 0 Å². The molecule has 0 fully saturated rings. The first-order valence-corrected chi connectivity index (χ1v) is 9.03. The van der Waals surface area contributed by atoms with Gasteiger partial charge < -0.3 is 21.7 Å². The first-order valence-electron chi connectivity index (χ1n) is 8.15. The van der Waals surface area contributed by atoms with Crippen LogP contribution in [-0.4, -0.2) is 30.3 Å². The molecule has 2 rings (SSSR count). The van der Waals surface area contributed by atoms with E-state index >= 15 is 0 Å². The molecule has 0 saturated heterocycles. The third kappa shape index (κ3) is 6.67. The van der Waals surface area contributed by atoms with Gasteiger partial charge in [-0.1, -0.05) is 32.0 Å². The molecule has 0 bridgehead atoms. The van der Waals surface area contributed by atoms with E-state index in [0.29, 0.717) is 16.3 Å². The average molecular weight is 411 g/mol. The molecule has 1 heterocycles. The molecule has 0 aliphatic heterocycles. The molecular formula is C18H23ClN4O3S. The zero-order chi connectivity index (χ0) is 19.1. The lowest BCUT2D eigenvalue weighted by Gasteiger charge is -2.16. The Balaban J connectivity index is 0.00000364. The van der Waals surface area contributed by atoms with Gasteiger partial charge in [-0.15, -0.1) is 23.7 Å². The molecule has 1 atom stereocenters. The summed E-state index contributed by atoms with van der Waals surface area (Å²) in [7, 11) is 0. The molecule has 9 heteroatoms. The van der Waals surface area contributed by atoms with Crippen molar-refractivity contribution in [3.8, 4) is 0 Å². The van der Waals surface area contributed by atoms with Gasteiger partial charge in [0.15, 0.2) is 0 Å². The third-order valence-electron chi connectivity index (χ3n) is 3.64. The van der Waals surface area contributed by atoms with Gasteiger partial charge in [-0.3, -0.25) is 14.4 Å². The topological polar surface area (TPSA) is 113 Å². The normalized spacial score (nSPS) is 11.3. The summed E-state index contributed by atoms with van der Waals surface area (Å²) in [4.78, 5) is 36.7. The standard InChI is InChI=1S/C18H22N4O3S.ClH/c1-11(2)16(19)18(25)20-10-15(23)21-12-6-3-4-7-13(12)22-17(24)14-8-5-9-26-14;/h3-9,11,16H,10,19H2,1-2H3,(H,20,25)(H,21,23)(H,22,24);1H/t16-;/m0./s1. The van der Waals surface area contributed by atoms with Gasteiger partial charge in [-0.05, 0) is 29.5 Å². The molecule has 1 aromatic carbocycles. The van der Waals surface area contributed by atoms with Gasteiger partial charge in [0, 0.05) is 0 Å². The summed E-state index contributed by atoms with van der Waals surface area (Å²) in [6.45, 7) is 3.46. The van der Waals surface area contributed by atoms with Crippen molar-refractivity contribution < 1.29 is 14.4 Å². The van der Waals surface area contributed by atoms with Crippen LogP contribution in [-0.2, 0) is 9.59 Å². The second-order valence-corrected chi connectivity index (χ2v) is 6.96. The van der Waals surface area contributed by atoms with Crippen LogP contribution in [0.5, 0.6) is 0 Å². The molecule has 0 spiro atoms. The fraction of sp³-hybridized carbons (Fsp3) is 0.278. The van der Waals surface area contributed by atoms with E-state index in [0.717, 1.165) is 0 Å². The third-order valence-corrected chi connectivity index (χ3v) is 4.51. The smallest absolute Gasteiger partial charge is 0.265 e. The van der Waals surface area contributed by atoms with E-state index in [4.69, 9.17) is 5.73 Å². The van der Waals surface area contributed by atoms with E-state index in [1.807, 2.05) is 19.2 Å². The maximum Gasteiger partial charge on any atom is 0.265 e. The van der Waals surface area contributed by atoms with Crippen molar-refractivity contribution in [1.82, 2.24) is 5.32 Å². The molecule has 0 unspecified atom stereocenters. The Bertz CT molecular complexity index is 781. The summed E-state index contributed by atoms with van der Waals surface area (Å²) in [6, 6.07) is 9.69. The highest BCUT2D eigenvalue weighted by Crippen LogP contribution is 2.22. The van der Waals surface area contributed by atoms with Crippen molar-refractivity contribution in [1.29, 1.82) is 0 Å². The number of thiophene rings is 1. The quantitative estimate of drug-likeness (QED) is 0.561. The number of rotatable bonds is 7. The Kier molecular flexibility index (Phi) is 8.93. The van der Waals surface area contributed by atoms with Crippen LogP contribution < -0.4 is 21.7 Å². The molecule has 27 heavy (non-hydrogen) atoms. The molecular weight excluding hydrogens is 388 g/mol. The minimum Gasteiger partial charge on any atom is -0.346 e. The van der Waals surface area contributed by atoms with Crippen LogP contribution in [0.25, 0.3) is 0 Å². The number of anilines is 2. The minimum atomic E-state index is -0.667. The maximum absolute atomic E-state index is 12.2. The number of nitrogens with two attached hydrogens (primary N) is 1. The summed E-state index contributed by atoms with van der Waals surface area (Å²) >= 11 is 1.33. The van der Waals surface area contributed by atoms with Crippen molar-refractivity contribution in [2.45, 2.75) is 19.9 Å². The largest absolute Gasteiger partial charge is 0.346 e. The number of hydrogen-bond donors (Lipinski definition) is 4. The maximum atomic E-state index is 12.2. The molecule has 2 aromatic rings. The highest BCUT2D eigenvalue weighted by molar-refractivity contribution is 7.12. The monoisotopic (exact) mass is 410 g/mol. The van der Waals surface area contributed by atoms with Crippen molar-refractivity contribution in [3.05, 3.63) is 46.7 Å². The van der Waals surface area contributed by atoms with Crippen LogP contribution in [0.4, 0.5) is 11.4 Å². The Morgan fingerprint density at radius 2 is 1.67 bits per heavy atom. The molecule has 0 radical (unpaired) electrons. The Hall–Kier alpha value is -2.42. The van der Waals surface area contributed by atoms with E-state index in [9.17, 15) is 14.4 Å². The summed E-state index contributed by atoms with van der Waals surface area (Å²) in [6.07, 6.45) is 0. The second kappa shape index (κ2) is 10.7. The van der Waals surface area contributed by atoms with Crippen molar-refractivity contribution in [3.63, 3.8) is 0 Å². The lowest BCUT2D eigenvalue weighted by Crippen LogP contribution is -2.46. The minimum absolute atomic E-state index is 0. The number of amides is 3. The highest BCUT2D eigenvalue weighted by atomic mass is 35.5. The molecule has 1 aromatic heterocycles. The van der Waals surface area contributed by atoms with Crippen LogP contribution in [0.3, 0.4) is 0 Å². The number of carbonyl (C=O) groups is 3. The molecule has 5 N–H and O–H groups in total. The SMILES string of the molecule is CC(C)[C@H](N)C(=O)NCC(=O)Nc1ccccc1NC(=O)c1cccs1.Cl. The van der Waals surface area contributed by atoms with E-state index < -0.39 is 11.9 Å². The summed E-state index contributed by atoms with van der Waals surface area (Å²) in [5, 5.41) is 9.76. The molecule has 3 amide bonds. The van der Waals surface area contributed by atoms with Crippen LogP contribution in [0.2, 0.25) is 0 Å². The lowest BCUT2D eigenvalue weighted by atomic mass is 10.1. The fourth-order valence-corrected chi connectivity index (χ4v) is 2.69. The summed E-state index contributed by atoms with van der Waals surface area (Å²) in [5.41, 5.74) is 6.66. The van der Waals surface area contributed by atoms with E-state index in [1.165, 1.54) is 11.3 Å². The molecule has 146 valence electrons. The van der Waals surface area contributed by atoms with Gasteiger partial charge in [-0.25, -0.2) is 0 Å². The van der Waals surface area contributed by atoms with Gasteiger partial charge in [0.2, 0.25) is 11.8 Å². The van der Waals surface area contributed by atoms with Crippen LogP contribution in [0.1, 0.15) is 23.5 Å². The average Bonchev–Trinajstić information content (AvgIpc) is 3.15. The fourth-order valence-electron chi connectivity index (χ4n) is 2.08. The second-order valence-electron chi connectivity index (χ2n) is 6.01. The van der Waals surface area contributed by atoms with Crippen LogP contribution >= 0.6 is 23.7 Å². The first-order chi connectivity index (χ1) is 12.4. The van der Waals surface area contributed by atoms with E-state index in [2.05, 4.69) is 16.0 Å². The van der Waals surface area contributed by atoms with Crippen molar-refractivity contribution in [2.24, 2.45) is 11.7 Å². The molecule has 0 aliphatic rings.